The van der Waals surface area contributed by atoms with E-state index in [0.717, 1.165) is 15.5 Å². The number of nitrogens with zero attached hydrogens (tertiary/aromatic N) is 2. The van der Waals surface area contributed by atoms with Gasteiger partial charge in [0, 0.05) is 11.4 Å². The lowest BCUT2D eigenvalue weighted by molar-refractivity contribution is 0.0595. The number of aliphatic hydroxyl groups is 1. The Kier molecular flexibility index (Phi) is 7.04. The molecule has 0 saturated carbocycles. The van der Waals surface area contributed by atoms with Gasteiger partial charge in [0.1, 0.15) is 34.9 Å². The number of H-pyrrole nitrogens is 1. The van der Waals surface area contributed by atoms with E-state index >= 15 is 0 Å². The number of aromatic nitrogens is 2. The summed E-state index contributed by atoms with van der Waals surface area (Å²) in [5.41, 5.74) is -0.140. The van der Waals surface area contributed by atoms with E-state index in [1.165, 1.54) is 0 Å². The summed E-state index contributed by atoms with van der Waals surface area (Å²) in [7, 11) is 0. The van der Waals surface area contributed by atoms with E-state index in [1.807, 2.05) is 53.4 Å². The monoisotopic (exact) mass is 453 g/mol. The van der Waals surface area contributed by atoms with Gasteiger partial charge in [0.25, 0.3) is 5.56 Å². The maximum atomic E-state index is 12.6. The summed E-state index contributed by atoms with van der Waals surface area (Å²) in [4.78, 5) is 24.1. The zero-order chi connectivity index (χ0) is 22.5. The molecule has 32 heavy (non-hydrogen) atoms. The summed E-state index contributed by atoms with van der Waals surface area (Å²) in [5.74, 6) is 2.37. The lowest BCUT2D eigenvalue weighted by atomic mass is 10.2. The molecule has 0 saturated heterocycles. The number of aromatic amines is 1. The fourth-order valence-electron chi connectivity index (χ4n) is 3.43. The Morgan fingerprint density at radius 1 is 1.19 bits per heavy atom. The van der Waals surface area contributed by atoms with Crippen molar-refractivity contribution in [2.75, 3.05) is 13.2 Å². The van der Waals surface area contributed by atoms with Crippen LogP contribution in [-0.4, -0.2) is 39.2 Å². The smallest absolute Gasteiger partial charge is 0.259 e. The molecule has 3 aromatic heterocycles. The largest absolute Gasteiger partial charge is 0.491 e. The number of fused-ring (bicyclic) bond motifs is 1. The van der Waals surface area contributed by atoms with Crippen LogP contribution in [-0.2, 0) is 13.1 Å². The van der Waals surface area contributed by atoms with E-state index in [-0.39, 0.29) is 12.2 Å². The minimum atomic E-state index is -0.727. The van der Waals surface area contributed by atoms with Crippen LogP contribution in [0.5, 0.6) is 5.75 Å². The number of para-hydroxylation sites is 1. The van der Waals surface area contributed by atoms with Crippen LogP contribution in [0.3, 0.4) is 0 Å². The number of rotatable bonds is 10. The van der Waals surface area contributed by atoms with Crippen molar-refractivity contribution < 1.29 is 14.3 Å². The summed E-state index contributed by atoms with van der Waals surface area (Å²) in [6, 6.07) is 15.0. The molecule has 0 aliphatic heterocycles. The molecule has 0 bridgehead atoms. The van der Waals surface area contributed by atoms with Crippen molar-refractivity contribution in [2.45, 2.75) is 39.0 Å². The van der Waals surface area contributed by atoms with E-state index < -0.39 is 6.10 Å². The van der Waals surface area contributed by atoms with Crippen LogP contribution in [0.1, 0.15) is 36.2 Å². The summed E-state index contributed by atoms with van der Waals surface area (Å²) < 4.78 is 11.2. The molecule has 3 heterocycles. The van der Waals surface area contributed by atoms with Crippen molar-refractivity contribution in [3.8, 4) is 5.75 Å². The molecule has 0 radical (unpaired) electrons. The first-order chi connectivity index (χ1) is 15.5. The topological polar surface area (TPSA) is 91.6 Å². The van der Waals surface area contributed by atoms with E-state index in [4.69, 9.17) is 9.15 Å². The second-order valence-corrected chi connectivity index (χ2v) is 9.12. The fourth-order valence-corrected chi connectivity index (χ4v) is 4.49. The second kappa shape index (κ2) is 10.1. The maximum Gasteiger partial charge on any atom is 0.259 e. The van der Waals surface area contributed by atoms with Gasteiger partial charge in [-0.15, -0.1) is 11.3 Å². The molecule has 4 aromatic rings. The number of nitrogens with one attached hydrogen (secondary N) is 1. The number of furan rings is 1. The van der Waals surface area contributed by atoms with Crippen molar-refractivity contribution in [1.82, 2.24) is 14.9 Å². The zero-order valence-electron chi connectivity index (χ0n) is 18.2. The van der Waals surface area contributed by atoms with Gasteiger partial charge in [0.2, 0.25) is 0 Å². The summed E-state index contributed by atoms with van der Waals surface area (Å²) >= 11 is 1.55. The third-order valence-electron chi connectivity index (χ3n) is 5.03. The Bertz CT molecular complexity index is 1190. The Morgan fingerprint density at radius 3 is 2.72 bits per heavy atom. The normalized spacial score (nSPS) is 12.7. The molecule has 168 valence electrons. The van der Waals surface area contributed by atoms with Gasteiger partial charge in [-0.2, -0.15) is 0 Å². The molecule has 7 nitrogen and oxygen atoms in total. The number of ether oxygens (including phenoxy) is 1. The van der Waals surface area contributed by atoms with E-state index in [0.29, 0.717) is 42.5 Å². The van der Waals surface area contributed by atoms with E-state index in [1.54, 1.807) is 17.6 Å². The number of hydrogen-bond acceptors (Lipinski definition) is 7. The quantitative estimate of drug-likeness (QED) is 0.375. The van der Waals surface area contributed by atoms with Crippen molar-refractivity contribution in [3.63, 3.8) is 0 Å². The van der Waals surface area contributed by atoms with Crippen LogP contribution in [0.15, 0.2) is 64.0 Å². The molecule has 0 fully saturated rings. The maximum absolute atomic E-state index is 12.6. The number of hydrogen-bond donors (Lipinski definition) is 2. The predicted octanol–water partition coefficient (Wildman–Crippen LogP) is 4.14. The highest BCUT2D eigenvalue weighted by Crippen LogP contribution is 2.27. The van der Waals surface area contributed by atoms with Gasteiger partial charge in [-0.25, -0.2) is 4.98 Å². The van der Waals surface area contributed by atoms with Crippen molar-refractivity contribution in [3.05, 3.63) is 81.6 Å². The fraction of sp³-hybridized carbons (Fsp3) is 0.333. The standard InChI is InChI=1S/C24H27N3O4S/c1-16(2)21-11-20-23(29)25-22(26-24(20)32-21)14-27(13-19-9-6-10-30-19)12-17(28)15-31-18-7-4-3-5-8-18/h3-11,16-17,28H,12-15H2,1-2H3,(H,25,26,29). The van der Waals surface area contributed by atoms with Crippen molar-refractivity contribution >= 4 is 21.6 Å². The van der Waals surface area contributed by atoms with Gasteiger partial charge in [-0.3, -0.25) is 9.69 Å². The highest BCUT2D eigenvalue weighted by Gasteiger charge is 2.18. The Balaban J connectivity index is 1.49. The molecule has 2 N–H and O–H groups in total. The molecule has 4 rings (SSSR count). The van der Waals surface area contributed by atoms with Crippen LogP contribution in [0.25, 0.3) is 10.2 Å². The minimum absolute atomic E-state index is 0.140. The first kappa shape index (κ1) is 22.3. The lowest BCUT2D eigenvalue weighted by Gasteiger charge is -2.24. The molecule has 0 spiro atoms. The molecule has 0 amide bonds. The summed E-state index contributed by atoms with van der Waals surface area (Å²) in [6.45, 7) is 5.52. The molecule has 0 aliphatic carbocycles. The third kappa shape index (κ3) is 5.64. The van der Waals surface area contributed by atoms with Crippen LogP contribution < -0.4 is 10.3 Å². The van der Waals surface area contributed by atoms with Crippen LogP contribution in [0.2, 0.25) is 0 Å². The van der Waals surface area contributed by atoms with Crippen LogP contribution in [0.4, 0.5) is 0 Å². The zero-order valence-corrected chi connectivity index (χ0v) is 19.0. The van der Waals surface area contributed by atoms with Gasteiger partial charge in [0.15, 0.2) is 0 Å². The second-order valence-electron chi connectivity index (χ2n) is 8.06. The molecule has 8 heteroatoms. The van der Waals surface area contributed by atoms with Gasteiger partial charge in [-0.05, 0) is 36.2 Å². The lowest BCUT2D eigenvalue weighted by Crippen LogP contribution is -2.35. The van der Waals surface area contributed by atoms with Gasteiger partial charge >= 0.3 is 0 Å². The Morgan fingerprint density at radius 2 is 2.00 bits per heavy atom. The van der Waals surface area contributed by atoms with Gasteiger partial charge < -0.3 is 19.2 Å². The first-order valence-corrected chi connectivity index (χ1v) is 11.4. The molecule has 1 atom stereocenters. The van der Waals surface area contributed by atoms with Gasteiger partial charge in [0.05, 0.1) is 24.7 Å². The van der Waals surface area contributed by atoms with Crippen molar-refractivity contribution in [1.29, 1.82) is 0 Å². The van der Waals surface area contributed by atoms with Gasteiger partial charge in [-0.1, -0.05) is 32.0 Å². The molecular weight excluding hydrogens is 426 g/mol. The van der Waals surface area contributed by atoms with E-state index in [2.05, 4.69) is 23.8 Å². The molecular formula is C24H27N3O4S. The predicted molar refractivity (Wildman–Crippen MR) is 125 cm³/mol. The highest BCUT2D eigenvalue weighted by molar-refractivity contribution is 7.18. The molecule has 1 unspecified atom stereocenters. The van der Waals surface area contributed by atoms with Crippen LogP contribution >= 0.6 is 11.3 Å². The Hall–Kier alpha value is -2.94. The third-order valence-corrected chi connectivity index (χ3v) is 6.36. The molecule has 1 aromatic carbocycles. The summed E-state index contributed by atoms with van der Waals surface area (Å²) in [6.07, 6.45) is 0.892. The minimum Gasteiger partial charge on any atom is -0.491 e. The highest BCUT2D eigenvalue weighted by atomic mass is 32.1. The average molecular weight is 454 g/mol. The molecule has 0 aliphatic rings. The number of aliphatic hydroxyl groups excluding tert-OH is 1. The average Bonchev–Trinajstić information content (AvgIpc) is 3.43. The van der Waals surface area contributed by atoms with E-state index in [9.17, 15) is 9.90 Å². The number of benzene rings is 1. The summed E-state index contributed by atoms with van der Waals surface area (Å²) in [5, 5.41) is 11.2. The first-order valence-electron chi connectivity index (χ1n) is 10.6. The van der Waals surface area contributed by atoms with Crippen LogP contribution in [0, 0.1) is 0 Å². The SMILES string of the molecule is CC(C)c1cc2c(=O)[nH]c(CN(Cc3ccco3)CC(O)COc3ccccc3)nc2s1. The Labute approximate surface area is 190 Å². The van der Waals surface area contributed by atoms with Crippen molar-refractivity contribution in [2.24, 2.45) is 0 Å². The number of thiophene rings is 1.